The lowest BCUT2D eigenvalue weighted by atomic mass is 10.3. The second kappa shape index (κ2) is 7.48. The molecule has 1 rings (SSSR count). The molecule has 0 spiro atoms. The van der Waals surface area contributed by atoms with Gasteiger partial charge in [-0.2, -0.15) is 13.2 Å². The lowest BCUT2D eigenvalue weighted by Gasteiger charge is -2.22. The summed E-state index contributed by atoms with van der Waals surface area (Å²) in [6.45, 7) is 0.272. The number of ether oxygens (including phenoxy) is 1. The molecule has 0 N–H and O–H groups in total. The number of carbonyl (C=O) groups excluding carboxylic acids is 2. The van der Waals surface area contributed by atoms with Gasteiger partial charge in [0.2, 0.25) is 5.91 Å². The molecule has 6 nitrogen and oxygen atoms in total. The molecule has 0 unspecified atom stereocenters. The minimum atomic E-state index is -4.52. The summed E-state index contributed by atoms with van der Waals surface area (Å²) in [5, 5.41) is 0. The molecule has 0 atom stereocenters. The maximum Gasteiger partial charge on any atom is 0.422 e. The van der Waals surface area contributed by atoms with Crippen LogP contribution in [0.4, 0.5) is 18.0 Å². The average Bonchev–Trinajstić information content (AvgIpc) is 2.60. The van der Waals surface area contributed by atoms with Crippen molar-refractivity contribution < 1.29 is 27.5 Å². The summed E-state index contributed by atoms with van der Waals surface area (Å²) in [4.78, 5) is 27.7. The Hall–Kier alpha value is -1.51. The van der Waals surface area contributed by atoms with Crippen molar-refractivity contribution in [1.29, 1.82) is 0 Å². The van der Waals surface area contributed by atoms with Crippen molar-refractivity contribution in [3.8, 4) is 0 Å². The smallest absolute Gasteiger partial charge is 0.422 e. The molecule has 2 amide bonds. The fraction of sp³-hybridized carbons (Fsp3) is 0.833. The van der Waals surface area contributed by atoms with E-state index in [0.29, 0.717) is 26.1 Å². The highest BCUT2D eigenvalue weighted by atomic mass is 19.4. The molecule has 0 bridgehead atoms. The molecular formula is C12H20F3N3O3. The molecule has 1 aliphatic rings. The van der Waals surface area contributed by atoms with Gasteiger partial charge in [-0.25, -0.2) is 4.79 Å². The van der Waals surface area contributed by atoms with E-state index in [4.69, 9.17) is 0 Å². The predicted molar refractivity (Wildman–Crippen MR) is 68.7 cm³/mol. The van der Waals surface area contributed by atoms with E-state index < -0.39 is 18.9 Å². The first-order chi connectivity index (χ1) is 9.69. The number of likely N-dealkylation sites (N-methyl/N-ethyl adjacent to an activating group) is 1. The minimum Gasteiger partial charge on any atom is -0.440 e. The summed E-state index contributed by atoms with van der Waals surface area (Å²) in [6.07, 6.45) is -4.90. The molecule has 0 aromatic heterocycles. The SMILES string of the molecule is CN(C)C(=O)CN1CCCN(C(=O)OCC(F)(F)F)CC1. The van der Waals surface area contributed by atoms with Crippen LogP contribution in [0.5, 0.6) is 0 Å². The fourth-order valence-corrected chi connectivity index (χ4v) is 1.88. The van der Waals surface area contributed by atoms with E-state index >= 15 is 0 Å². The number of hydrogen-bond donors (Lipinski definition) is 0. The quantitative estimate of drug-likeness (QED) is 0.773. The molecule has 1 fully saturated rings. The summed E-state index contributed by atoms with van der Waals surface area (Å²) < 4.78 is 40.2. The van der Waals surface area contributed by atoms with Gasteiger partial charge in [0.15, 0.2) is 6.61 Å². The van der Waals surface area contributed by atoms with E-state index in [1.54, 1.807) is 14.1 Å². The van der Waals surface area contributed by atoms with Crippen LogP contribution < -0.4 is 0 Å². The summed E-state index contributed by atoms with van der Waals surface area (Å²) in [5.41, 5.74) is 0. The zero-order valence-electron chi connectivity index (χ0n) is 12.2. The number of halogens is 3. The Kier molecular flexibility index (Phi) is 6.25. The number of hydrogen-bond acceptors (Lipinski definition) is 4. The first kappa shape index (κ1) is 17.5. The highest BCUT2D eigenvalue weighted by Crippen LogP contribution is 2.15. The van der Waals surface area contributed by atoms with Crippen LogP contribution in [0.25, 0.3) is 0 Å². The zero-order valence-corrected chi connectivity index (χ0v) is 12.2. The molecule has 9 heteroatoms. The molecule has 1 aliphatic heterocycles. The largest absolute Gasteiger partial charge is 0.440 e. The van der Waals surface area contributed by atoms with Gasteiger partial charge in [-0.15, -0.1) is 0 Å². The van der Waals surface area contributed by atoms with Crippen LogP contribution in [0.3, 0.4) is 0 Å². The summed E-state index contributed by atoms with van der Waals surface area (Å²) in [7, 11) is 3.31. The Balaban J connectivity index is 2.41. The Bertz CT molecular complexity index is 374. The molecule has 0 radical (unpaired) electrons. The first-order valence-corrected chi connectivity index (χ1v) is 6.60. The van der Waals surface area contributed by atoms with Crippen molar-refractivity contribution in [3.05, 3.63) is 0 Å². The van der Waals surface area contributed by atoms with E-state index in [1.165, 1.54) is 9.80 Å². The normalized spacial score (nSPS) is 17.3. The standard InChI is InChI=1S/C12H20F3N3O3/c1-16(2)10(19)8-17-4-3-5-18(7-6-17)11(20)21-9-12(13,14)15/h3-9H2,1-2H3. The second-order valence-corrected chi connectivity index (χ2v) is 5.07. The molecule has 1 heterocycles. The van der Waals surface area contributed by atoms with Crippen molar-refractivity contribution in [1.82, 2.24) is 14.7 Å². The molecule has 0 aliphatic carbocycles. The summed E-state index contributed by atoms with van der Waals surface area (Å²) in [5.74, 6) is -0.0527. The van der Waals surface area contributed by atoms with E-state index in [9.17, 15) is 22.8 Å². The third-order valence-electron chi connectivity index (χ3n) is 3.06. The second-order valence-electron chi connectivity index (χ2n) is 5.07. The number of nitrogens with zero attached hydrogens (tertiary/aromatic N) is 3. The van der Waals surface area contributed by atoms with Crippen LogP contribution in [0.1, 0.15) is 6.42 Å². The highest BCUT2D eigenvalue weighted by molar-refractivity contribution is 5.77. The van der Waals surface area contributed by atoms with E-state index in [-0.39, 0.29) is 19.0 Å². The van der Waals surface area contributed by atoms with Crippen molar-refractivity contribution in [2.24, 2.45) is 0 Å². The Morgan fingerprint density at radius 3 is 2.38 bits per heavy atom. The van der Waals surface area contributed by atoms with Crippen molar-refractivity contribution in [2.45, 2.75) is 12.6 Å². The topological polar surface area (TPSA) is 53.1 Å². The zero-order chi connectivity index (χ0) is 16.0. The molecule has 122 valence electrons. The van der Waals surface area contributed by atoms with Gasteiger partial charge in [0.1, 0.15) is 0 Å². The van der Waals surface area contributed by atoms with Gasteiger partial charge in [-0.3, -0.25) is 9.69 Å². The minimum absolute atomic E-state index is 0.0527. The average molecular weight is 311 g/mol. The van der Waals surface area contributed by atoms with Crippen molar-refractivity contribution in [3.63, 3.8) is 0 Å². The number of carbonyl (C=O) groups is 2. The Morgan fingerprint density at radius 2 is 1.81 bits per heavy atom. The van der Waals surface area contributed by atoms with Crippen LogP contribution in [-0.2, 0) is 9.53 Å². The molecule has 0 saturated carbocycles. The predicted octanol–water partition coefficient (Wildman–Crippen LogP) is 0.781. The lowest BCUT2D eigenvalue weighted by molar-refractivity contribution is -0.162. The number of rotatable bonds is 3. The van der Waals surface area contributed by atoms with Crippen LogP contribution in [0, 0.1) is 0 Å². The van der Waals surface area contributed by atoms with Gasteiger partial charge >= 0.3 is 12.3 Å². The van der Waals surface area contributed by atoms with Crippen LogP contribution in [0.15, 0.2) is 0 Å². The van der Waals surface area contributed by atoms with Crippen LogP contribution in [-0.4, -0.2) is 86.3 Å². The number of alkyl halides is 3. The van der Waals surface area contributed by atoms with Gasteiger partial charge < -0.3 is 14.5 Å². The van der Waals surface area contributed by atoms with Gasteiger partial charge in [0, 0.05) is 40.3 Å². The van der Waals surface area contributed by atoms with Crippen LogP contribution in [0.2, 0.25) is 0 Å². The lowest BCUT2D eigenvalue weighted by Crippen LogP contribution is -2.40. The molecule has 21 heavy (non-hydrogen) atoms. The molecule has 0 aromatic carbocycles. The Morgan fingerprint density at radius 1 is 1.14 bits per heavy atom. The first-order valence-electron chi connectivity index (χ1n) is 6.60. The number of amides is 2. The third-order valence-corrected chi connectivity index (χ3v) is 3.06. The monoisotopic (exact) mass is 311 g/mol. The summed E-state index contributed by atoms with van der Waals surface area (Å²) in [6, 6.07) is 0. The van der Waals surface area contributed by atoms with E-state index in [2.05, 4.69) is 4.74 Å². The highest BCUT2D eigenvalue weighted by Gasteiger charge is 2.31. The van der Waals surface area contributed by atoms with Gasteiger partial charge in [0.05, 0.1) is 6.54 Å². The Labute approximate surface area is 121 Å². The molecule has 0 aromatic rings. The fourth-order valence-electron chi connectivity index (χ4n) is 1.88. The van der Waals surface area contributed by atoms with Crippen LogP contribution >= 0.6 is 0 Å². The van der Waals surface area contributed by atoms with Gasteiger partial charge in [-0.05, 0) is 6.42 Å². The van der Waals surface area contributed by atoms with Crippen molar-refractivity contribution in [2.75, 3.05) is 53.4 Å². The third kappa shape index (κ3) is 6.65. The summed E-state index contributed by atoms with van der Waals surface area (Å²) >= 11 is 0. The van der Waals surface area contributed by atoms with Crippen molar-refractivity contribution >= 4 is 12.0 Å². The molecule has 1 saturated heterocycles. The van der Waals surface area contributed by atoms with E-state index in [0.717, 1.165) is 0 Å². The molecular weight excluding hydrogens is 291 g/mol. The van der Waals surface area contributed by atoms with Gasteiger partial charge in [0.25, 0.3) is 0 Å². The maximum absolute atomic E-state index is 12.0. The maximum atomic E-state index is 12.0. The van der Waals surface area contributed by atoms with Gasteiger partial charge in [-0.1, -0.05) is 0 Å². The van der Waals surface area contributed by atoms with E-state index in [1.807, 2.05) is 4.90 Å².